The summed E-state index contributed by atoms with van der Waals surface area (Å²) in [6.45, 7) is 0. The Kier molecular flexibility index (Phi) is 3.12. The van der Waals surface area contributed by atoms with Crippen molar-refractivity contribution >= 4 is 32.7 Å². The van der Waals surface area contributed by atoms with Crippen LogP contribution in [0.3, 0.4) is 0 Å². The van der Waals surface area contributed by atoms with Crippen LogP contribution in [0.1, 0.15) is 0 Å². The van der Waals surface area contributed by atoms with Gasteiger partial charge in [0.05, 0.1) is 10.4 Å². The highest BCUT2D eigenvalue weighted by Crippen LogP contribution is 2.33. The van der Waals surface area contributed by atoms with Crippen molar-refractivity contribution < 1.29 is 12.8 Å². The minimum atomic E-state index is -3.82. The van der Waals surface area contributed by atoms with Crippen molar-refractivity contribution in [2.24, 2.45) is 5.14 Å². The predicted octanol–water partition coefficient (Wildman–Crippen LogP) is 2.09. The quantitative estimate of drug-likeness (QED) is 0.752. The number of hydrogen-bond acceptors (Lipinski definition) is 4. The zero-order valence-corrected chi connectivity index (χ0v) is 12.0. The molecular weight excluding hydrogens is 316 g/mol. The maximum absolute atomic E-state index is 11.3. The zero-order valence-electron chi connectivity index (χ0n) is 10.5. The Hall–Kier alpha value is -2.09. The van der Waals surface area contributed by atoms with E-state index in [0.717, 1.165) is 0 Å². The van der Waals surface area contributed by atoms with Crippen molar-refractivity contribution in [1.82, 2.24) is 4.98 Å². The van der Waals surface area contributed by atoms with Gasteiger partial charge in [0.15, 0.2) is 5.58 Å². The third-order valence-corrected chi connectivity index (χ3v) is 4.24. The fraction of sp³-hybridized carbons (Fsp3) is 0. The maximum atomic E-state index is 11.3. The Labute approximate surface area is 124 Å². The number of hydrogen-bond donors (Lipinski definition) is 2. The first kappa shape index (κ1) is 13.9. The Morgan fingerprint density at radius 3 is 2.57 bits per heavy atom. The largest absolute Gasteiger partial charge is 0.417 e. The second-order valence-corrected chi connectivity index (χ2v) is 6.35. The molecule has 8 heteroatoms. The molecule has 0 bridgehead atoms. The SMILES string of the molecule is NS(=O)(=O)c1ccc(-c2cccc3oc(=O)[nH]c23)c(Cl)c1. The molecule has 21 heavy (non-hydrogen) atoms. The van der Waals surface area contributed by atoms with Crippen LogP contribution >= 0.6 is 11.6 Å². The monoisotopic (exact) mass is 324 g/mol. The van der Waals surface area contributed by atoms with Crippen LogP contribution in [0.2, 0.25) is 5.02 Å². The lowest BCUT2D eigenvalue weighted by molar-refractivity contribution is 0.555. The summed E-state index contributed by atoms with van der Waals surface area (Å²) in [5, 5.41) is 5.26. The number of para-hydroxylation sites is 1. The minimum Gasteiger partial charge on any atom is -0.408 e. The summed E-state index contributed by atoms with van der Waals surface area (Å²) >= 11 is 6.13. The lowest BCUT2D eigenvalue weighted by Crippen LogP contribution is -2.11. The molecule has 3 aromatic rings. The van der Waals surface area contributed by atoms with Gasteiger partial charge in [0.2, 0.25) is 10.0 Å². The first-order valence-corrected chi connectivity index (χ1v) is 7.73. The van der Waals surface area contributed by atoms with Crippen LogP contribution in [0.4, 0.5) is 0 Å². The van der Waals surface area contributed by atoms with E-state index >= 15 is 0 Å². The van der Waals surface area contributed by atoms with Crippen molar-refractivity contribution in [3.05, 3.63) is 52.0 Å². The van der Waals surface area contributed by atoms with E-state index in [1.165, 1.54) is 18.2 Å². The van der Waals surface area contributed by atoms with Gasteiger partial charge in [0, 0.05) is 16.1 Å². The molecule has 0 atom stereocenters. The van der Waals surface area contributed by atoms with Gasteiger partial charge in [-0.2, -0.15) is 0 Å². The topological polar surface area (TPSA) is 106 Å². The van der Waals surface area contributed by atoms with Crippen LogP contribution < -0.4 is 10.9 Å². The van der Waals surface area contributed by atoms with E-state index in [1.807, 2.05) is 0 Å². The summed E-state index contributed by atoms with van der Waals surface area (Å²) in [5.74, 6) is -0.574. The third-order valence-electron chi connectivity index (χ3n) is 3.02. The van der Waals surface area contributed by atoms with Crippen LogP contribution in [0.25, 0.3) is 22.2 Å². The zero-order chi connectivity index (χ0) is 15.2. The van der Waals surface area contributed by atoms with Crippen LogP contribution in [0, 0.1) is 0 Å². The van der Waals surface area contributed by atoms with E-state index in [4.69, 9.17) is 21.2 Å². The summed E-state index contributed by atoms with van der Waals surface area (Å²) in [7, 11) is -3.82. The summed E-state index contributed by atoms with van der Waals surface area (Å²) in [6.07, 6.45) is 0. The van der Waals surface area contributed by atoms with Gasteiger partial charge >= 0.3 is 5.76 Å². The molecule has 3 N–H and O–H groups in total. The molecule has 1 heterocycles. The highest BCUT2D eigenvalue weighted by Gasteiger charge is 2.14. The molecule has 3 rings (SSSR count). The third kappa shape index (κ3) is 2.46. The number of nitrogens with two attached hydrogens (primary N) is 1. The van der Waals surface area contributed by atoms with E-state index in [-0.39, 0.29) is 9.92 Å². The number of oxazole rings is 1. The molecule has 0 aliphatic carbocycles. The van der Waals surface area contributed by atoms with E-state index in [9.17, 15) is 13.2 Å². The molecule has 0 aliphatic heterocycles. The number of sulfonamides is 1. The van der Waals surface area contributed by atoms with Crippen LogP contribution in [-0.2, 0) is 10.0 Å². The van der Waals surface area contributed by atoms with Gasteiger partial charge in [-0.3, -0.25) is 4.98 Å². The Morgan fingerprint density at radius 1 is 1.14 bits per heavy atom. The van der Waals surface area contributed by atoms with Crippen LogP contribution in [-0.4, -0.2) is 13.4 Å². The molecule has 108 valence electrons. The second kappa shape index (κ2) is 4.73. The molecular formula is C13H9ClN2O4S. The lowest BCUT2D eigenvalue weighted by atomic mass is 10.0. The average Bonchev–Trinajstić information content (AvgIpc) is 2.77. The van der Waals surface area contributed by atoms with Crippen molar-refractivity contribution in [2.45, 2.75) is 4.90 Å². The van der Waals surface area contributed by atoms with Crippen molar-refractivity contribution in [1.29, 1.82) is 0 Å². The molecule has 0 amide bonds. The Bertz CT molecular complexity index is 1000. The standard InChI is InChI=1S/C13H9ClN2O4S/c14-10-6-7(21(15,18)19)4-5-8(10)9-2-1-3-11-12(9)16-13(17)20-11/h1-6H,(H,16,17)(H2,15,18,19). The van der Waals surface area contributed by atoms with Crippen LogP contribution in [0.15, 0.2) is 50.5 Å². The summed E-state index contributed by atoms with van der Waals surface area (Å²) in [4.78, 5) is 13.8. The fourth-order valence-electron chi connectivity index (χ4n) is 2.09. The highest BCUT2D eigenvalue weighted by atomic mass is 35.5. The highest BCUT2D eigenvalue weighted by molar-refractivity contribution is 7.89. The number of H-pyrrole nitrogens is 1. The van der Waals surface area contributed by atoms with E-state index in [1.54, 1.807) is 18.2 Å². The molecule has 0 fully saturated rings. The average molecular weight is 325 g/mol. The van der Waals surface area contributed by atoms with E-state index in [0.29, 0.717) is 22.2 Å². The van der Waals surface area contributed by atoms with E-state index < -0.39 is 15.8 Å². The van der Waals surface area contributed by atoms with Gasteiger partial charge in [0.1, 0.15) is 0 Å². The van der Waals surface area contributed by atoms with Crippen LogP contribution in [0.5, 0.6) is 0 Å². The number of aromatic amines is 1. The van der Waals surface area contributed by atoms with Gasteiger partial charge in [-0.1, -0.05) is 29.8 Å². The van der Waals surface area contributed by atoms with Gasteiger partial charge < -0.3 is 4.42 Å². The molecule has 0 radical (unpaired) electrons. The molecule has 0 spiro atoms. The first-order chi connectivity index (χ1) is 9.86. The number of halogens is 1. The summed E-state index contributed by atoms with van der Waals surface area (Å²) in [5.41, 5.74) is 2.08. The van der Waals surface area contributed by atoms with Gasteiger partial charge in [0.25, 0.3) is 0 Å². The van der Waals surface area contributed by atoms with Gasteiger partial charge in [-0.05, 0) is 18.2 Å². The van der Waals surface area contributed by atoms with Crippen molar-refractivity contribution in [3.8, 4) is 11.1 Å². The predicted molar refractivity (Wildman–Crippen MR) is 78.7 cm³/mol. The Morgan fingerprint density at radius 2 is 1.90 bits per heavy atom. The molecule has 2 aromatic carbocycles. The molecule has 0 saturated heterocycles. The maximum Gasteiger partial charge on any atom is 0.417 e. The molecule has 0 aliphatic rings. The lowest BCUT2D eigenvalue weighted by Gasteiger charge is -2.07. The summed E-state index contributed by atoms with van der Waals surface area (Å²) < 4.78 is 27.6. The smallest absolute Gasteiger partial charge is 0.408 e. The molecule has 1 aromatic heterocycles. The van der Waals surface area contributed by atoms with Crippen molar-refractivity contribution in [2.75, 3.05) is 0 Å². The van der Waals surface area contributed by atoms with Crippen molar-refractivity contribution in [3.63, 3.8) is 0 Å². The number of aromatic nitrogens is 1. The fourth-order valence-corrected chi connectivity index (χ4v) is 2.98. The van der Waals surface area contributed by atoms with Gasteiger partial charge in [-0.25, -0.2) is 18.4 Å². The first-order valence-electron chi connectivity index (χ1n) is 5.81. The normalized spacial score (nSPS) is 11.9. The minimum absolute atomic E-state index is 0.0795. The summed E-state index contributed by atoms with van der Waals surface area (Å²) in [6, 6.07) is 9.24. The number of nitrogens with one attached hydrogen (secondary N) is 1. The molecule has 0 saturated carbocycles. The number of fused-ring (bicyclic) bond motifs is 1. The second-order valence-electron chi connectivity index (χ2n) is 4.38. The Balaban J connectivity index is 2.26. The van der Waals surface area contributed by atoms with Gasteiger partial charge in [-0.15, -0.1) is 0 Å². The molecule has 6 nitrogen and oxygen atoms in total. The van der Waals surface area contributed by atoms with E-state index in [2.05, 4.69) is 4.98 Å². The molecule has 0 unspecified atom stereocenters. The number of primary sulfonamides is 1. The number of rotatable bonds is 2. The number of benzene rings is 2.